The van der Waals surface area contributed by atoms with Gasteiger partial charge in [-0.2, -0.15) is 0 Å². The Labute approximate surface area is 284 Å². The van der Waals surface area contributed by atoms with Crippen LogP contribution in [-0.2, 0) is 23.7 Å². The van der Waals surface area contributed by atoms with E-state index in [0.29, 0.717) is 12.3 Å². The SMILES string of the molecule is CC(=O)O[C@@H]([C@H]1C[C@@H](C)[C@H]2[C@@](O)(O1)[C@H](O)[C@@]1(C)[C@@H]3CC[C@H]4C(C)(C)[C@@H](O[C@@H]5OC[C@H](O)[C@H](O)[C@H]5O)CC[C@@]45C[C@@]35CC[C@]21C)C(C)(C)O. The van der Waals surface area contributed by atoms with E-state index in [2.05, 4.69) is 34.6 Å². The smallest absolute Gasteiger partial charge is 0.303 e. The molecule has 0 aromatic rings. The lowest BCUT2D eigenvalue weighted by Gasteiger charge is -2.63. The van der Waals surface area contributed by atoms with E-state index in [1.54, 1.807) is 13.8 Å². The first kappa shape index (κ1) is 35.5. The first-order valence-electron chi connectivity index (χ1n) is 18.4. The molecule has 2 heterocycles. The molecule has 7 aliphatic rings. The van der Waals surface area contributed by atoms with E-state index < -0.39 is 71.1 Å². The number of carbonyl (C=O) groups excluding carboxylic acids is 1. The summed E-state index contributed by atoms with van der Waals surface area (Å²) in [4.78, 5) is 12.1. The fourth-order valence-corrected chi connectivity index (χ4v) is 13.8. The van der Waals surface area contributed by atoms with Crippen LogP contribution in [0.3, 0.4) is 0 Å². The predicted molar refractivity (Wildman–Crippen MR) is 172 cm³/mol. The van der Waals surface area contributed by atoms with E-state index in [0.717, 1.165) is 44.9 Å². The lowest BCUT2D eigenvalue weighted by Crippen LogP contribution is -2.62. The molecule has 48 heavy (non-hydrogen) atoms. The number of aliphatic hydroxyl groups is 6. The molecule has 0 radical (unpaired) electrons. The Morgan fingerprint density at radius 2 is 1.58 bits per heavy atom. The van der Waals surface area contributed by atoms with Crippen LogP contribution in [0.4, 0.5) is 0 Å². The monoisotopic (exact) mass is 680 g/mol. The zero-order valence-corrected chi connectivity index (χ0v) is 30.0. The molecule has 0 aromatic carbocycles. The lowest BCUT2D eigenvalue weighted by atomic mass is 9.41. The number of carbonyl (C=O) groups is 1. The first-order chi connectivity index (χ1) is 22.1. The molecular weight excluding hydrogens is 620 g/mol. The third-order valence-corrected chi connectivity index (χ3v) is 15.9. The molecule has 5 aliphatic carbocycles. The predicted octanol–water partition coefficient (Wildman–Crippen LogP) is 2.65. The Hall–Kier alpha value is -0.890. The number of hydrogen-bond acceptors (Lipinski definition) is 11. The van der Waals surface area contributed by atoms with Gasteiger partial charge < -0.3 is 49.6 Å². The molecule has 2 saturated heterocycles. The van der Waals surface area contributed by atoms with Gasteiger partial charge in [0.1, 0.15) is 30.5 Å². The maximum atomic E-state index is 12.6. The number of fused-ring (bicyclic) bond motifs is 4. The highest BCUT2D eigenvalue weighted by Crippen LogP contribution is 2.89. The number of ether oxygens (including phenoxy) is 4. The van der Waals surface area contributed by atoms with E-state index in [-0.39, 0.29) is 46.7 Å². The van der Waals surface area contributed by atoms with Crippen LogP contribution < -0.4 is 0 Å². The molecule has 274 valence electrons. The van der Waals surface area contributed by atoms with Gasteiger partial charge in [-0.15, -0.1) is 0 Å². The third kappa shape index (κ3) is 4.41. The molecule has 11 heteroatoms. The van der Waals surface area contributed by atoms with Crippen molar-refractivity contribution in [1.29, 1.82) is 0 Å². The summed E-state index contributed by atoms with van der Waals surface area (Å²) in [7, 11) is 0. The fraction of sp³-hybridized carbons (Fsp3) is 0.973. The summed E-state index contributed by atoms with van der Waals surface area (Å²) in [6.07, 6.45) is -0.902. The third-order valence-electron chi connectivity index (χ3n) is 15.9. The molecule has 7 rings (SSSR count). The van der Waals surface area contributed by atoms with Crippen molar-refractivity contribution in [3.05, 3.63) is 0 Å². The highest BCUT2D eigenvalue weighted by atomic mass is 16.7. The molecule has 0 aromatic heterocycles. The summed E-state index contributed by atoms with van der Waals surface area (Å²) in [6, 6.07) is 0. The van der Waals surface area contributed by atoms with Crippen molar-refractivity contribution in [2.24, 2.45) is 50.7 Å². The van der Waals surface area contributed by atoms with Crippen LogP contribution in [0.25, 0.3) is 0 Å². The van der Waals surface area contributed by atoms with E-state index in [9.17, 15) is 35.4 Å². The van der Waals surface area contributed by atoms with Crippen molar-refractivity contribution in [2.45, 2.75) is 167 Å². The molecule has 5 saturated carbocycles. The quantitative estimate of drug-likeness (QED) is 0.186. The van der Waals surface area contributed by atoms with Gasteiger partial charge in [0.25, 0.3) is 0 Å². The van der Waals surface area contributed by atoms with Crippen LogP contribution in [-0.4, -0.2) is 104 Å². The van der Waals surface area contributed by atoms with Gasteiger partial charge >= 0.3 is 5.97 Å². The second-order valence-corrected chi connectivity index (χ2v) is 18.8. The molecule has 17 atom stereocenters. The van der Waals surface area contributed by atoms with Crippen LogP contribution >= 0.6 is 0 Å². The van der Waals surface area contributed by atoms with Crippen LogP contribution in [0.2, 0.25) is 0 Å². The molecule has 7 fully saturated rings. The standard InChI is InChI=1S/C37H60O11/c1-18-15-21(28(32(5,6)43)46-19(2)38)48-37(44)27(18)33(7)13-14-36-17-35(36)12-11-24(47-29-26(41)25(40)20(39)16-45-29)31(3,4)22(35)9-10-23(36)34(33,8)30(37)42/h18,20-30,39-44H,9-17H2,1-8H3/t18-,20+,21-,22+,23+,24+,25+,26-,27-,28+,29+,30-,33-,34-,35-,36+,37-/m1/s1. The maximum absolute atomic E-state index is 12.6. The summed E-state index contributed by atoms with van der Waals surface area (Å²) in [5, 5.41) is 67.0. The molecule has 0 unspecified atom stereocenters. The molecular formula is C37H60O11. The van der Waals surface area contributed by atoms with Gasteiger partial charge in [-0.3, -0.25) is 4.79 Å². The van der Waals surface area contributed by atoms with Gasteiger partial charge in [-0.25, -0.2) is 0 Å². The van der Waals surface area contributed by atoms with E-state index in [1.807, 2.05) is 0 Å². The van der Waals surface area contributed by atoms with Crippen molar-refractivity contribution < 1.29 is 54.4 Å². The summed E-state index contributed by atoms with van der Waals surface area (Å²) in [6.45, 7) is 15.4. The van der Waals surface area contributed by atoms with Gasteiger partial charge in [-0.05, 0) is 105 Å². The molecule has 2 aliphatic heterocycles. The minimum absolute atomic E-state index is 0.0222. The lowest BCUT2D eigenvalue weighted by molar-refractivity contribution is -0.342. The largest absolute Gasteiger partial charge is 0.457 e. The number of esters is 1. The maximum Gasteiger partial charge on any atom is 0.303 e. The highest BCUT2D eigenvalue weighted by molar-refractivity contribution is 5.66. The zero-order valence-electron chi connectivity index (χ0n) is 30.0. The van der Waals surface area contributed by atoms with Crippen molar-refractivity contribution in [2.75, 3.05) is 6.61 Å². The van der Waals surface area contributed by atoms with Crippen LogP contribution in [0.5, 0.6) is 0 Å². The molecule has 6 N–H and O–H groups in total. The fourth-order valence-electron chi connectivity index (χ4n) is 13.8. The molecule has 0 amide bonds. The van der Waals surface area contributed by atoms with Crippen molar-refractivity contribution >= 4 is 5.97 Å². The first-order valence-corrected chi connectivity index (χ1v) is 18.4. The van der Waals surface area contributed by atoms with Crippen LogP contribution in [0, 0.1) is 50.7 Å². The molecule has 0 bridgehead atoms. The van der Waals surface area contributed by atoms with Gasteiger partial charge in [-0.1, -0.05) is 34.6 Å². The van der Waals surface area contributed by atoms with Gasteiger partial charge in [0.05, 0.1) is 18.3 Å². The van der Waals surface area contributed by atoms with Crippen molar-refractivity contribution in [3.63, 3.8) is 0 Å². The average Bonchev–Trinajstić information content (AvgIpc) is 3.62. The Balaban J connectivity index is 1.17. The zero-order chi connectivity index (χ0) is 35.2. The van der Waals surface area contributed by atoms with Gasteiger partial charge in [0, 0.05) is 18.3 Å². The van der Waals surface area contributed by atoms with Crippen LogP contribution in [0.1, 0.15) is 107 Å². The Morgan fingerprint density at radius 1 is 0.938 bits per heavy atom. The minimum Gasteiger partial charge on any atom is -0.457 e. The van der Waals surface area contributed by atoms with Crippen LogP contribution in [0.15, 0.2) is 0 Å². The van der Waals surface area contributed by atoms with E-state index in [1.165, 1.54) is 6.92 Å². The normalized spacial score (nSPS) is 56.1. The van der Waals surface area contributed by atoms with Crippen molar-refractivity contribution in [3.8, 4) is 0 Å². The average molecular weight is 681 g/mol. The summed E-state index contributed by atoms with van der Waals surface area (Å²) in [5.41, 5.74) is -2.59. The number of rotatable bonds is 5. The number of aliphatic hydroxyl groups excluding tert-OH is 4. The van der Waals surface area contributed by atoms with Gasteiger partial charge in [0.15, 0.2) is 18.2 Å². The Morgan fingerprint density at radius 3 is 2.23 bits per heavy atom. The minimum atomic E-state index is -1.86. The Bertz CT molecular complexity index is 1300. The second kappa shape index (κ2) is 10.8. The summed E-state index contributed by atoms with van der Waals surface area (Å²) < 4.78 is 24.2. The number of hydrogen-bond donors (Lipinski definition) is 6. The van der Waals surface area contributed by atoms with Gasteiger partial charge in [0.2, 0.25) is 0 Å². The summed E-state index contributed by atoms with van der Waals surface area (Å²) in [5.74, 6) is -2.26. The molecule has 2 spiro atoms. The second-order valence-electron chi connectivity index (χ2n) is 18.8. The summed E-state index contributed by atoms with van der Waals surface area (Å²) >= 11 is 0. The topological polar surface area (TPSA) is 175 Å². The van der Waals surface area contributed by atoms with Crippen molar-refractivity contribution in [1.82, 2.24) is 0 Å². The molecule has 11 nitrogen and oxygen atoms in total. The van der Waals surface area contributed by atoms with E-state index >= 15 is 0 Å². The highest BCUT2D eigenvalue weighted by Gasteiger charge is 2.86. The Kier molecular flexibility index (Phi) is 8.01. The van der Waals surface area contributed by atoms with E-state index in [4.69, 9.17) is 18.9 Å².